The van der Waals surface area contributed by atoms with E-state index in [1.54, 1.807) is 30.3 Å². The van der Waals surface area contributed by atoms with Gasteiger partial charge in [-0.15, -0.1) is 0 Å². The van der Waals surface area contributed by atoms with E-state index in [0.717, 1.165) is 18.5 Å². The summed E-state index contributed by atoms with van der Waals surface area (Å²) in [5, 5.41) is 5.45. The molecule has 0 atom stereocenters. The highest BCUT2D eigenvalue weighted by Crippen LogP contribution is 2.38. The maximum atomic E-state index is 12.3. The van der Waals surface area contributed by atoms with Crippen molar-refractivity contribution < 1.29 is 9.59 Å². The van der Waals surface area contributed by atoms with Crippen LogP contribution in [0.5, 0.6) is 0 Å². The largest absolute Gasteiger partial charge is 0.326 e. The second-order valence-electron chi connectivity index (χ2n) is 5.32. The van der Waals surface area contributed by atoms with Crippen molar-refractivity contribution in [1.82, 2.24) is 9.97 Å². The van der Waals surface area contributed by atoms with Gasteiger partial charge in [0.1, 0.15) is 12.0 Å². The molecule has 6 nitrogen and oxygen atoms in total. The molecule has 0 bridgehead atoms. The van der Waals surface area contributed by atoms with Crippen molar-refractivity contribution in [2.45, 2.75) is 25.7 Å². The maximum absolute atomic E-state index is 12.3. The monoisotopic (exact) mass is 296 g/mol. The number of nitrogens with one attached hydrogen (secondary N) is 2. The fraction of sp³-hybridized carbons (Fsp3) is 0.250. The molecule has 6 heteroatoms. The van der Waals surface area contributed by atoms with Crippen LogP contribution in [-0.2, 0) is 4.79 Å². The number of hydrogen-bond acceptors (Lipinski definition) is 4. The van der Waals surface area contributed by atoms with Crippen molar-refractivity contribution in [3.05, 3.63) is 48.0 Å². The van der Waals surface area contributed by atoms with Crippen LogP contribution >= 0.6 is 0 Å². The first-order chi connectivity index (χ1) is 10.6. The highest BCUT2D eigenvalue weighted by atomic mass is 16.2. The fourth-order valence-electron chi connectivity index (χ4n) is 2.17. The number of anilines is 2. The molecule has 22 heavy (non-hydrogen) atoms. The quantitative estimate of drug-likeness (QED) is 0.908. The predicted molar refractivity (Wildman–Crippen MR) is 82.7 cm³/mol. The van der Waals surface area contributed by atoms with E-state index >= 15 is 0 Å². The van der Waals surface area contributed by atoms with Crippen LogP contribution in [0.1, 0.15) is 41.9 Å². The van der Waals surface area contributed by atoms with E-state index in [4.69, 9.17) is 0 Å². The Morgan fingerprint density at radius 1 is 1.09 bits per heavy atom. The minimum absolute atomic E-state index is 0.159. The number of nitrogens with zero attached hydrogens (tertiary/aromatic N) is 2. The number of carbonyl (C=O) groups is 2. The smallest absolute Gasteiger partial charge is 0.274 e. The number of carbonyl (C=O) groups excluding carboxylic acids is 2. The Balaban J connectivity index is 1.73. The van der Waals surface area contributed by atoms with E-state index in [2.05, 4.69) is 20.6 Å². The Morgan fingerprint density at radius 2 is 1.82 bits per heavy atom. The van der Waals surface area contributed by atoms with Crippen molar-refractivity contribution in [2.24, 2.45) is 0 Å². The van der Waals surface area contributed by atoms with E-state index in [1.165, 1.54) is 13.3 Å². The summed E-state index contributed by atoms with van der Waals surface area (Å²) in [7, 11) is 0. The maximum Gasteiger partial charge on any atom is 0.274 e. The zero-order valence-electron chi connectivity index (χ0n) is 12.2. The van der Waals surface area contributed by atoms with Crippen LogP contribution in [0.4, 0.5) is 11.4 Å². The minimum Gasteiger partial charge on any atom is -0.326 e. The zero-order chi connectivity index (χ0) is 15.5. The van der Waals surface area contributed by atoms with Gasteiger partial charge in [0.15, 0.2) is 0 Å². The molecular weight excluding hydrogens is 280 g/mol. The fourth-order valence-corrected chi connectivity index (χ4v) is 2.17. The van der Waals surface area contributed by atoms with Gasteiger partial charge in [-0.3, -0.25) is 9.59 Å². The van der Waals surface area contributed by atoms with Crippen molar-refractivity contribution in [3.63, 3.8) is 0 Å². The molecule has 2 N–H and O–H groups in total. The van der Waals surface area contributed by atoms with E-state index in [-0.39, 0.29) is 11.8 Å². The molecule has 1 aromatic carbocycles. The molecule has 0 spiro atoms. The van der Waals surface area contributed by atoms with E-state index in [0.29, 0.717) is 23.0 Å². The molecule has 2 aromatic rings. The Bertz CT molecular complexity index is 726. The molecular formula is C16H16N4O2. The molecule has 1 aliphatic carbocycles. The molecule has 112 valence electrons. The minimum atomic E-state index is -0.288. The predicted octanol–water partition coefficient (Wildman–Crippen LogP) is 2.56. The Labute approximate surface area is 128 Å². The molecule has 1 saturated carbocycles. The SMILES string of the molecule is CC(=O)Nc1cccc(NC(=O)c2cc(C3CC3)ncn2)c1. The molecule has 0 saturated heterocycles. The second kappa shape index (κ2) is 5.93. The zero-order valence-corrected chi connectivity index (χ0v) is 12.2. The Morgan fingerprint density at radius 3 is 2.50 bits per heavy atom. The van der Waals surface area contributed by atoms with Gasteiger partial charge >= 0.3 is 0 Å². The highest BCUT2D eigenvalue weighted by Gasteiger charge is 2.25. The van der Waals surface area contributed by atoms with Crippen LogP contribution in [0.3, 0.4) is 0 Å². The summed E-state index contributed by atoms with van der Waals surface area (Å²) < 4.78 is 0. The molecule has 1 aromatic heterocycles. The number of hydrogen-bond donors (Lipinski definition) is 2. The third-order valence-electron chi connectivity index (χ3n) is 3.36. The average Bonchev–Trinajstić information content (AvgIpc) is 3.32. The first-order valence-corrected chi connectivity index (χ1v) is 7.13. The van der Waals surface area contributed by atoms with E-state index in [1.807, 2.05) is 0 Å². The van der Waals surface area contributed by atoms with Gasteiger partial charge in [-0.25, -0.2) is 9.97 Å². The van der Waals surface area contributed by atoms with Gasteiger partial charge in [0.2, 0.25) is 5.91 Å². The summed E-state index contributed by atoms with van der Waals surface area (Å²) in [6.07, 6.45) is 3.67. The van der Waals surface area contributed by atoms with Crippen molar-refractivity contribution in [1.29, 1.82) is 0 Å². The third-order valence-corrected chi connectivity index (χ3v) is 3.36. The van der Waals surface area contributed by atoms with Gasteiger partial charge in [-0.1, -0.05) is 6.07 Å². The lowest BCUT2D eigenvalue weighted by molar-refractivity contribution is -0.114. The Hall–Kier alpha value is -2.76. The number of rotatable bonds is 4. The van der Waals surface area contributed by atoms with Gasteiger partial charge in [0, 0.05) is 29.9 Å². The van der Waals surface area contributed by atoms with E-state index in [9.17, 15) is 9.59 Å². The summed E-state index contributed by atoms with van der Waals surface area (Å²) in [4.78, 5) is 31.5. The first-order valence-electron chi connectivity index (χ1n) is 7.13. The van der Waals surface area contributed by atoms with Crippen molar-refractivity contribution in [3.8, 4) is 0 Å². The summed E-state index contributed by atoms with van der Waals surface area (Å²) in [5.74, 6) is 0.0234. The molecule has 2 amide bonds. The molecule has 0 aliphatic heterocycles. The third kappa shape index (κ3) is 3.46. The van der Waals surface area contributed by atoms with Crippen LogP contribution in [0, 0.1) is 0 Å². The number of benzene rings is 1. The van der Waals surface area contributed by atoms with Gasteiger partial charge in [-0.05, 0) is 37.1 Å². The summed E-state index contributed by atoms with van der Waals surface area (Å²) in [5.41, 5.74) is 2.50. The van der Waals surface area contributed by atoms with Gasteiger partial charge in [-0.2, -0.15) is 0 Å². The van der Waals surface area contributed by atoms with Crippen LogP contribution < -0.4 is 10.6 Å². The molecule has 1 heterocycles. The van der Waals surface area contributed by atoms with Crippen LogP contribution in [0.2, 0.25) is 0 Å². The first kappa shape index (κ1) is 14.2. The average molecular weight is 296 g/mol. The molecule has 0 radical (unpaired) electrons. The van der Waals surface area contributed by atoms with Crippen molar-refractivity contribution in [2.75, 3.05) is 10.6 Å². The Kier molecular flexibility index (Phi) is 3.82. The summed E-state index contributed by atoms with van der Waals surface area (Å²) in [6.45, 7) is 1.44. The lowest BCUT2D eigenvalue weighted by atomic mass is 10.2. The van der Waals surface area contributed by atoms with Crippen LogP contribution in [-0.4, -0.2) is 21.8 Å². The molecule has 3 rings (SSSR count). The van der Waals surface area contributed by atoms with Gasteiger partial charge in [0.25, 0.3) is 5.91 Å². The molecule has 0 unspecified atom stereocenters. The molecule has 1 fully saturated rings. The summed E-state index contributed by atoms with van der Waals surface area (Å²) in [6, 6.07) is 8.71. The highest BCUT2D eigenvalue weighted by molar-refractivity contribution is 6.03. The normalized spacial score (nSPS) is 13.5. The molecule has 1 aliphatic rings. The van der Waals surface area contributed by atoms with E-state index < -0.39 is 0 Å². The van der Waals surface area contributed by atoms with Crippen LogP contribution in [0.25, 0.3) is 0 Å². The van der Waals surface area contributed by atoms with Crippen LogP contribution in [0.15, 0.2) is 36.7 Å². The topological polar surface area (TPSA) is 84.0 Å². The van der Waals surface area contributed by atoms with Gasteiger partial charge < -0.3 is 10.6 Å². The standard InChI is InChI=1S/C16H16N4O2/c1-10(21)19-12-3-2-4-13(7-12)20-16(22)15-8-14(11-5-6-11)17-9-18-15/h2-4,7-9,11H,5-6H2,1H3,(H,19,21)(H,20,22). The number of aromatic nitrogens is 2. The lowest BCUT2D eigenvalue weighted by Crippen LogP contribution is -2.14. The van der Waals surface area contributed by atoms with Gasteiger partial charge in [0.05, 0.1) is 0 Å². The second-order valence-corrected chi connectivity index (χ2v) is 5.32. The summed E-state index contributed by atoms with van der Waals surface area (Å²) >= 11 is 0. The number of amides is 2. The lowest BCUT2D eigenvalue weighted by Gasteiger charge is -2.08. The van der Waals surface area contributed by atoms with Crippen molar-refractivity contribution >= 4 is 23.2 Å².